The topological polar surface area (TPSA) is 51.5 Å². The summed E-state index contributed by atoms with van der Waals surface area (Å²) in [4.78, 5) is 2.17. The van der Waals surface area contributed by atoms with Crippen molar-refractivity contribution in [3.63, 3.8) is 0 Å². The van der Waals surface area contributed by atoms with Crippen molar-refractivity contribution in [3.8, 4) is 11.1 Å². The Morgan fingerprint density at radius 2 is 1.93 bits per heavy atom. The van der Waals surface area contributed by atoms with E-state index in [0.29, 0.717) is 23.7 Å². The van der Waals surface area contributed by atoms with Gasteiger partial charge >= 0.3 is 0 Å². The van der Waals surface area contributed by atoms with Crippen LogP contribution in [-0.2, 0) is 6.54 Å². The van der Waals surface area contributed by atoms with Crippen LogP contribution < -0.4 is 5.32 Å². The highest BCUT2D eigenvalue weighted by Crippen LogP contribution is 2.41. The van der Waals surface area contributed by atoms with Gasteiger partial charge in [-0.25, -0.2) is 9.92 Å². The zero-order valence-electron chi connectivity index (χ0n) is 15.9. The van der Waals surface area contributed by atoms with Gasteiger partial charge in [0.2, 0.25) is 0 Å². The molecule has 2 aliphatic rings. The first-order valence-corrected chi connectivity index (χ1v) is 10.4. The molecule has 1 saturated carbocycles. The summed E-state index contributed by atoms with van der Waals surface area (Å²) in [5.41, 5.74) is 11.9. The third-order valence-electron chi connectivity index (χ3n) is 5.63. The van der Waals surface area contributed by atoms with Crippen molar-refractivity contribution < 1.29 is 4.39 Å². The largest absolute Gasteiger partial charge is 0.383 e. The van der Waals surface area contributed by atoms with Crippen molar-refractivity contribution in [1.82, 2.24) is 4.90 Å². The lowest BCUT2D eigenvalue weighted by atomic mass is 10.0. The van der Waals surface area contributed by atoms with E-state index in [1.54, 1.807) is 0 Å². The van der Waals surface area contributed by atoms with E-state index in [-0.39, 0.29) is 0 Å². The Balaban J connectivity index is 1.49. The van der Waals surface area contributed by atoms with E-state index in [0.717, 1.165) is 48.8 Å². The highest BCUT2D eigenvalue weighted by Gasteiger charge is 2.22. The molecule has 1 aliphatic heterocycles. The van der Waals surface area contributed by atoms with Crippen molar-refractivity contribution in [1.29, 1.82) is 5.53 Å². The molecule has 0 spiro atoms. The summed E-state index contributed by atoms with van der Waals surface area (Å²) in [6.45, 7) is 3.16. The number of piperidine rings is 1. The van der Waals surface area contributed by atoms with Crippen molar-refractivity contribution in [2.75, 3.05) is 25.0 Å². The minimum absolute atomic E-state index is 0.492. The minimum Gasteiger partial charge on any atom is -0.383 e. The summed E-state index contributed by atoms with van der Waals surface area (Å²) in [5, 5.41) is 7.54. The maximum Gasteiger partial charge on any atom is 0.127 e. The number of nitrogens with zero attached hydrogens (tertiary/aromatic N) is 2. The number of benzene rings is 2. The van der Waals surface area contributed by atoms with Crippen LogP contribution in [0.5, 0.6) is 0 Å². The molecule has 2 N–H and O–H groups in total. The van der Waals surface area contributed by atoms with Crippen LogP contribution in [0, 0.1) is 11.4 Å². The Morgan fingerprint density at radius 3 is 2.61 bits per heavy atom. The van der Waals surface area contributed by atoms with Crippen LogP contribution >= 0.6 is 11.6 Å². The van der Waals surface area contributed by atoms with Crippen LogP contribution in [0.15, 0.2) is 41.5 Å². The molecule has 1 aliphatic carbocycles. The molecule has 4 nitrogen and oxygen atoms in total. The molecular weight excluding hydrogens is 375 g/mol. The van der Waals surface area contributed by atoms with E-state index >= 15 is 0 Å². The van der Waals surface area contributed by atoms with Gasteiger partial charge in [0.15, 0.2) is 0 Å². The van der Waals surface area contributed by atoms with Gasteiger partial charge in [-0.15, -0.1) is 0 Å². The van der Waals surface area contributed by atoms with Crippen molar-refractivity contribution in [2.45, 2.75) is 38.4 Å². The highest BCUT2D eigenvalue weighted by atomic mass is 35.5. The molecule has 4 rings (SSSR count). The van der Waals surface area contributed by atoms with E-state index in [2.05, 4.69) is 27.5 Å². The Bertz CT molecular complexity index is 835. The Labute approximate surface area is 170 Å². The normalized spacial score (nSPS) is 20.1. The summed E-state index contributed by atoms with van der Waals surface area (Å²) in [7, 11) is 0. The molecule has 148 valence electrons. The second kappa shape index (κ2) is 8.58. The van der Waals surface area contributed by atoms with E-state index in [4.69, 9.17) is 17.1 Å². The van der Waals surface area contributed by atoms with Crippen LogP contribution in [0.4, 0.5) is 15.8 Å². The molecule has 1 saturated heterocycles. The number of nitrogens with one attached hydrogen (secondary N) is 2. The zero-order valence-corrected chi connectivity index (χ0v) is 16.7. The molecule has 28 heavy (non-hydrogen) atoms. The van der Waals surface area contributed by atoms with E-state index < -0.39 is 6.17 Å². The molecule has 0 aromatic heterocycles. The summed E-state index contributed by atoms with van der Waals surface area (Å²) in [6.07, 6.45) is 3.44. The fraction of sp³-hybridized carbons (Fsp3) is 0.455. The van der Waals surface area contributed by atoms with Crippen LogP contribution in [0.2, 0.25) is 5.02 Å². The molecule has 1 unspecified atom stereocenters. The number of rotatable bonds is 7. The summed E-state index contributed by atoms with van der Waals surface area (Å²) in [6, 6.07) is 12.2. The van der Waals surface area contributed by atoms with Gasteiger partial charge in [-0.3, -0.25) is 4.90 Å². The number of halogens is 2. The number of hydrogen-bond acceptors (Lipinski definition) is 4. The van der Waals surface area contributed by atoms with Crippen molar-refractivity contribution in [2.24, 2.45) is 11.0 Å². The van der Waals surface area contributed by atoms with Gasteiger partial charge < -0.3 is 5.32 Å². The average molecular weight is 401 g/mol. The lowest BCUT2D eigenvalue weighted by Gasteiger charge is -2.28. The maximum atomic E-state index is 13.6. The van der Waals surface area contributed by atoms with Gasteiger partial charge in [0.1, 0.15) is 11.9 Å². The third kappa shape index (κ3) is 4.53. The van der Waals surface area contributed by atoms with E-state index in [1.807, 2.05) is 24.3 Å². The van der Waals surface area contributed by atoms with Crippen LogP contribution in [-0.4, -0.2) is 30.7 Å². The predicted octanol–water partition coefficient (Wildman–Crippen LogP) is 6.43. The predicted molar refractivity (Wildman–Crippen MR) is 112 cm³/mol. The minimum atomic E-state index is -0.703. The van der Waals surface area contributed by atoms with Crippen LogP contribution in [0.3, 0.4) is 0 Å². The van der Waals surface area contributed by atoms with Crippen molar-refractivity contribution in [3.05, 3.63) is 47.0 Å². The first-order chi connectivity index (χ1) is 13.6. The molecule has 2 aromatic rings. The second-order valence-corrected chi connectivity index (χ2v) is 8.31. The van der Waals surface area contributed by atoms with Gasteiger partial charge in [0, 0.05) is 25.2 Å². The fourth-order valence-electron chi connectivity index (χ4n) is 3.81. The molecule has 0 radical (unpaired) electrons. The number of anilines is 1. The van der Waals surface area contributed by atoms with Gasteiger partial charge in [-0.05, 0) is 55.3 Å². The SMILES string of the molecule is N=Nc1c(NCC2CC2)ccc(-c2ccc(CN3CCCC(F)C3)cc2)c1Cl. The fourth-order valence-corrected chi connectivity index (χ4v) is 4.12. The first-order valence-electron chi connectivity index (χ1n) is 10.0. The smallest absolute Gasteiger partial charge is 0.127 e. The summed E-state index contributed by atoms with van der Waals surface area (Å²) in [5.74, 6) is 0.733. The molecule has 2 aromatic carbocycles. The molecule has 0 bridgehead atoms. The third-order valence-corrected chi connectivity index (χ3v) is 6.01. The monoisotopic (exact) mass is 400 g/mol. The Morgan fingerprint density at radius 1 is 1.14 bits per heavy atom. The Hall–Kier alpha value is -1.98. The van der Waals surface area contributed by atoms with Gasteiger partial charge in [0.25, 0.3) is 0 Å². The standard InChI is InChI=1S/C22H26ClFN4/c23-21-19(9-10-20(22(21)27-25)26-12-15-3-4-15)17-7-5-16(6-8-17)13-28-11-1-2-18(24)14-28/h5-10,15,18,25-26H,1-4,11-14H2. The molecule has 1 heterocycles. The highest BCUT2D eigenvalue weighted by molar-refractivity contribution is 6.36. The Kier molecular flexibility index (Phi) is 5.93. The lowest BCUT2D eigenvalue weighted by Crippen LogP contribution is -2.35. The lowest BCUT2D eigenvalue weighted by molar-refractivity contribution is 0.133. The molecule has 0 amide bonds. The zero-order chi connectivity index (χ0) is 19.5. The van der Waals surface area contributed by atoms with E-state index in [1.165, 1.54) is 18.4 Å². The van der Waals surface area contributed by atoms with Gasteiger partial charge in [0.05, 0.1) is 10.7 Å². The van der Waals surface area contributed by atoms with Crippen molar-refractivity contribution >= 4 is 23.0 Å². The molecular formula is C22H26ClFN4. The first kappa shape index (κ1) is 19.3. The van der Waals surface area contributed by atoms with Crippen LogP contribution in [0.1, 0.15) is 31.2 Å². The summed E-state index contributed by atoms with van der Waals surface area (Å²) >= 11 is 6.59. The summed E-state index contributed by atoms with van der Waals surface area (Å²) < 4.78 is 13.6. The molecule has 2 fully saturated rings. The average Bonchev–Trinajstić information content (AvgIpc) is 3.52. The second-order valence-electron chi connectivity index (χ2n) is 7.93. The molecule has 6 heteroatoms. The number of alkyl halides is 1. The quantitative estimate of drug-likeness (QED) is 0.526. The van der Waals surface area contributed by atoms with Gasteiger partial charge in [-0.1, -0.05) is 41.9 Å². The molecule has 1 atom stereocenters. The van der Waals surface area contributed by atoms with Gasteiger partial charge in [-0.2, -0.15) is 5.11 Å². The number of likely N-dealkylation sites (tertiary alicyclic amines) is 1. The van der Waals surface area contributed by atoms with E-state index in [9.17, 15) is 4.39 Å². The number of hydrogen-bond donors (Lipinski definition) is 2. The maximum absolute atomic E-state index is 13.6. The van der Waals surface area contributed by atoms with Crippen LogP contribution in [0.25, 0.3) is 11.1 Å².